The van der Waals surface area contributed by atoms with E-state index in [4.69, 9.17) is 0 Å². The first-order valence-corrected chi connectivity index (χ1v) is 9.00. The molecule has 2 heterocycles. The fourth-order valence-corrected chi connectivity index (χ4v) is 4.18. The van der Waals surface area contributed by atoms with E-state index in [1.165, 1.54) is 11.6 Å². The standard InChI is InChI=1S/C18H22N2O2S/c1-3-4-15-10-20(11-16(15)19-12(2)21)18(22)14-5-6-17-13(9-14)7-8-23-17/h5-9,15-16H,3-4,10-11H2,1-2H3,(H,19,21). The highest BCUT2D eigenvalue weighted by atomic mass is 32.1. The number of likely N-dealkylation sites (tertiary alicyclic amines) is 1. The molecule has 5 heteroatoms. The van der Waals surface area contributed by atoms with E-state index in [-0.39, 0.29) is 17.9 Å². The van der Waals surface area contributed by atoms with Crippen molar-refractivity contribution in [2.45, 2.75) is 32.7 Å². The molecular formula is C18H22N2O2S. The molecule has 2 amide bonds. The molecule has 1 fully saturated rings. The lowest BCUT2D eigenvalue weighted by atomic mass is 9.98. The maximum absolute atomic E-state index is 12.8. The van der Waals surface area contributed by atoms with Crippen LogP contribution in [-0.4, -0.2) is 35.8 Å². The number of hydrogen-bond acceptors (Lipinski definition) is 3. The third-order valence-corrected chi connectivity index (χ3v) is 5.37. The van der Waals surface area contributed by atoms with Gasteiger partial charge in [-0.1, -0.05) is 13.3 Å². The van der Waals surface area contributed by atoms with Gasteiger partial charge >= 0.3 is 0 Å². The Morgan fingerprint density at radius 2 is 2.13 bits per heavy atom. The highest BCUT2D eigenvalue weighted by Gasteiger charge is 2.35. The monoisotopic (exact) mass is 330 g/mol. The molecule has 4 nitrogen and oxygen atoms in total. The van der Waals surface area contributed by atoms with E-state index in [0.717, 1.165) is 30.3 Å². The van der Waals surface area contributed by atoms with Crippen molar-refractivity contribution in [2.24, 2.45) is 5.92 Å². The predicted molar refractivity (Wildman–Crippen MR) is 93.7 cm³/mol. The Bertz CT molecular complexity index is 725. The Balaban J connectivity index is 1.77. The molecule has 2 unspecified atom stereocenters. The molecule has 1 aliphatic heterocycles. The highest BCUT2D eigenvalue weighted by molar-refractivity contribution is 7.17. The third kappa shape index (κ3) is 3.39. The summed E-state index contributed by atoms with van der Waals surface area (Å²) in [5, 5.41) is 6.16. The number of hydrogen-bond donors (Lipinski definition) is 1. The molecule has 1 aliphatic rings. The van der Waals surface area contributed by atoms with Crippen molar-refractivity contribution in [1.29, 1.82) is 0 Å². The van der Waals surface area contributed by atoms with Crippen molar-refractivity contribution in [1.82, 2.24) is 10.2 Å². The molecule has 1 aromatic carbocycles. The van der Waals surface area contributed by atoms with Gasteiger partial charge in [-0.25, -0.2) is 0 Å². The van der Waals surface area contributed by atoms with Gasteiger partial charge in [-0.2, -0.15) is 0 Å². The number of carbonyl (C=O) groups excluding carboxylic acids is 2. The lowest BCUT2D eigenvalue weighted by molar-refractivity contribution is -0.119. The van der Waals surface area contributed by atoms with Gasteiger partial charge in [-0.05, 0) is 47.4 Å². The van der Waals surface area contributed by atoms with Crippen molar-refractivity contribution < 1.29 is 9.59 Å². The Hall–Kier alpha value is -1.88. The minimum absolute atomic E-state index is 0.0231. The Morgan fingerprint density at radius 3 is 2.87 bits per heavy atom. The van der Waals surface area contributed by atoms with Crippen molar-refractivity contribution in [3.8, 4) is 0 Å². The first kappa shape index (κ1) is 16.0. The SMILES string of the molecule is CCCC1CN(C(=O)c2ccc3sccc3c2)CC1NC(C)=O. The second kappa shape index (κ2) is 6.71. The van der Waals surface area contributed by atoms with Gasteiger partial charge in [-0.3, -0.25) is 9.59 Å². The van der Waals surface area contributed by atoms with E-state index < -0.39 is 0 Å². The van der Waals surface area contributed by atoms with Crippen LogP contribution < -0.4 is 5.32 Å². The fourth-order valence-electron chi connectivity index (χ4n) is 3.41. The summed E-state index contributed by atoms with van der Waals surface area (Å²) in [6.45, 7) is 5.00. The number of benzene rings is 1. The van der Waals surface area contributed by atoms with Crippen molar-refractivity contribution >= 4 is 33.2 Å². The van der Waals surface area contributed by atoms with Crippen LogP contribution in [0.15, 0.2) is 29.6 Å². The van der Waals surface area contributed by atoms with Gasteiger partial charge in [0.25, 0.3) is 5.91 Å². The van der Waals surface area contributed by atoms with E-state index in [1.54, 1.807) is 11.3 Å². The third-order valence-electron chi connectivity index (χ3n) is 4.48. The highest BCUT2D eigenvalue weighted by Crippen LogP contribution is 2.26. The van der Waals surface area contributed by atoms with Crippen molar-refractivity contribution in [3.63, 3.8) is 0 Å². The summed E-state index contributed by atoms with van der Waals surface area (Å²) >= 11 is 1.68. The van der Waals surface area contributed by atoms with Crippen LogP contribution in [0.1, 0.15) is 37.0 Å². The minimum atomic E-state index is -0.0231. The Labute approximate surface area is 140 Å². The molecule has 122 valence electrons. The minimum Gasteiger partial charge on any atom is -0.351 e. The molecule has 0 saturated carbocycles. The van der Waals surface area contributed by atoms with E-state index in [9.17, 15) is 9.59 Å². The molecule has 2 atom stereocenters. The maximum atomic E-state index is 12.8. The number of amides is 2. The van der Waals surface area contributed by atoms with Gasteiger partial charge in [0.05, 0.1) is 6.04 Å². The summed E-state index contributed by atoms with van der Waals surface area (Å²) in [7, 11) is 0. The van der Waals surface area contributed by atoms with Crippen molar-refractivity contribution in [3.05, 3.63) is 35.2 Å². The summed E-state index contributed by atoms with van der Waals surface area (Å²) in [5.41, 5.74) is 0.731. The van der Waals surface area contributed by atoms with Crippen molar-refractivity contribution in [2.75, 3.05) is 13.1 Å². The molecule has 1 N–H and O–H groups in total. The van der Waals surface area contributed by atoms with Gasteiger partial charge in [0, 0.05) is 30.3 Å². The lowest BCUT2D eigenvalue weighted by Gasteiger charge is -2.17. The zero-order valence-electron chi connectivity index (χ0n) is 13.5. The van der Waals surface area contributed by atoms with Crippen LogP contribution in [0.25, 0.3) is 10.1 Å². The van der Waals surface area contributed by atoms with Crippen LogP contribution >= 0.6 is 11.3 Å². The summed E-state index contributed by atoms with van der Waals surface area (Å²) in [4.78, 5) is 26.1. The Morgan fingerprint density at radius 1 is 1.30 bits per heavy atom. The molecule has 0 aliphatic carbocycles. The second-order valence-electron chi connectivity index (χ2n) is 6.24. The van der Waals surface area contributed by atoms with Crippen LogP contribution in [0.2, 0.25) is 0 Å². The zero-order valence-corrected chi connectivity index (χ0v) is 14.4. The molecule has 1 saturated heterocycles. The van der Waals surface area contributed by atoms with Crippen LogP contribution in [-0.2, 0) is 4.79 Å². The predicted octanol–water partition coefficient (Wildman–Crippen LogP) is 3.28. The van der Waals surface area contributed by atoms with E-state index >= 15 is 0 Å². The first-order chi connectivity index (χ1) is 11.1. The summed E-state index contributed by atoms with van der Waals surface area (Å²) in [5.74, 6) is 0.384. The molecule has 1 aromatic heterocycles. The number of nitrogens with zero attached hydrogens (tertiary/aromatic N) is 1. The number of carbonyl (C=O) groups is 2. The normalized spacial score (nSPS) is 20.9. The molecule has 2 aromatic rings. The fraction of sp³-hybridized carbons (Fsp3) is 0.444. The first-order valence-electron chi connectivity index (χ1n) is 8.12. The molecule has 0 radical (unpaired) electrons. The van der Waals surface area contributed by atoms with Crippen LogP contribution in [0.5, 0.6) is 0 Å². The van der Waals surface area contributed by atoms with Gasteiger partial charge in [-0.15, -0.1) is 11.3 Å². The molecule has 23 heavy (non-hydrogen) atoms. The van der Waals surface area contributed by atoms with Gasteiger partial charge < -0.3 is 10.2 Å². The summed E-state index contributed by atoms with van der Waals surface area (Å²) < 4.78 is 1.20. The number of fused-ring (bicyclic) bond motifs is 1. The van der Waals surface area contributed by atoms with Crippen LogP contribution in [0.4, 0.5) is 0 Å². The van der Waals surface area contributed by atoms with Gasteiger partial charge in [0.2, 0.25) is 5.91 Å². The molecule has 0 spiro atoms. The Kier molecular flexibility index (Phi) is 4.66. The van der Waals surface area contributed by atoms with E-state index in [2.05, 4.69) is 12.2 Å². The van der Waals surface area contributed by atoms with Crippen LogP contribution in [0.3, 0.4) is 0 Å². The average molecular weight is 330 g/mol. The van der Waals surface area contributed by atoms with Gasteiger partial charge in [0.15, 0.2) is 0 Å². The summed E-state index contributed by atoms with van der Waals surface area (Å²) in [6, 6.07) is 8.00. The van der Waals surface area contributed by atoms with Crippen LogP contribution in [0, 0.1) is 5.92 Å². The average Bonchev–Trinajstić information content (AvgIpc) is 3.13. The number of thiophene rings is 1. The second-order valence-corrected chi connectivity index (χ2v) is 7.19. The van der Waals surface area contributed by atoms with Gasteiger partial charge in [0.1, 0.15) is 0 Å². The lowest BCUT2D eigenvalue weighted by Crippen LogP contribution is -2.39. The van der Waals surface area contributed by atoms with E-state index in [0.29, 0.717) is 12.5 Å². The molecule has 0 bridgehead atoms. The molecular weight excluding hydrogens is 308 g/mol. The largest absolute Gasteiger partial charge is 0.351 e. The number of rotatable bonds is 4. The smallest absolute Gasteiger partial charge is 0.253 e. The van der Waals surface area contributed by atoms with E-state index in [1.807, 2.05) is 34.5 Å². The summed E-state index contributed by atoms with van der Waals surface area (Å²) in [6.07, 6.45) is 2.09. The molecule has 3 rings (SSSR count). The number of nitrogens with one attached hydrogen (secondary N) is 1. The maximum Gasteiger partial charge on any atom is 0.253 e. The topological polar surface area (TPSA) is 49.4 Å². The quantitative estimate of drug-likeness (QED) is 0.935. The zero-order chi connectivity index (χ0) is 16.4.